The number of benzene rings is 1. The topological polar surface area (TPSA) is 29.5 Å². The minimum Gasteiger partial charge on any atom is -0.493 e. The van der Waals surface area contributed by atoms with Gasteiger partial charge in [0.2, 0.25) is 0 Å². The van der Waals surface area contributed by atoms with E-state index in [-0.39, 0.29) is 6.61 Å². The van der Waals surface area contributed by atoms with E-state index in [0.29, 0.717) is 6.61 Å². The average Bonchev–Trinajstić information content (AvgIpc) is 2.23. The molecule has 1 N–H and O–H groups in total. The fraction of sp³-hybridized carbons (Fsp3) is 0.455. The van der Waals surface area contributed by atoms with Crippen molar-refractivity contribution in [2.24, 2.45) is 0 Å². The molecule has 1 aromatic rings. The van der Waals surface area contributed by atoms with E-state index in [2.05, 4.69) is 15.9 Å². The molecule has 1 rings (SSSR count). The van der Waals surface area contributed by atoms with Crippen LogP contribution in [0.25, 0.3) is 0 Å². The van der Waals surface area contributed by atoms with Crippen LogP contribution in [0.3, 0.4) is 0 Å². The Balaban J connectivity index is 2.10. The summed E-state index contributed by atoms with van der Waals surface area (Å²) in [5.41, 5.74) is 0. The van der Waals surface area contributed by atoms with Gasteiger partial charge in [0.05, 0.1) is 6.61 Å². The Morgan fingerprint density at radius 1 is 1.33 bits per heavy atom. The summed E-state index contributed by atoms with van der Waals surface area (Å²) in [5, 5.41) is 8.58. The molecule has 0 aliphatic heterocycles. The van der Waals surface area contributed by atoms with E-state index in [1.54, 1.807) is 11.8 Å². The Labute approximate surface area is 103 Å². The van der Waals surface area contributed by atoms with Crippen LogP contribution in [0.4, 0.5) is 0 Å². The molecular weight excluding hydrogens is 276 g/mol. The van der Waals surface area contributed by atoms with Crippen LogP contribution in [-0.2, 0) is 0 Å². The predicted octanol–water partition coefficient (Wildman–Crippen LogP) is 2.94. The summed E-state index contributed by atoms with van der Waals surface area (Å²) >= 11 is 5.20. The van der Waals surface area contributed by atoms with Gasteiger partial charge in [-0.05, 0) is 30.4 Å². The van der Waals surface area contributed by atoms with E-state index in [0.717, 1.165) is 28.1 Å². The Kier molecular flexibility index (Phi) is 6.88. The molecule has 0 heterocycles. The summed E-state index contributed by atoms with van der Waals surface area (Å²) in [6, 6.07) is 7.84. The average molecular weight is 291 g/mol. The number of aliphatic hydroxyl groups is 1. The van der Waals surface area contributed by atoms with Crippen LogP contribution < -0.4 is 4.74 Å². The van der Waals surface area contributed by atoms with E-state index >= 15 is 0 Å². The number of rotatable bonds is 7. The zero-order valence-corrected chi connectivity index (χ0v) is 10.9. The van der Waals surface area contributed by atoms with Crippen LogP contribution >= 0.6 is 27.7 Å². The van der Waals surface area contributed by atoms with Crippen LogP contribution in [-0.4, -0.2) is 29.8 Å². The minimum atomic E-state index is 0.277. The summed E-state index contributed by atoms with van der Waals surface area (Å²) in [4.78, 5) is 0. The van der Waals surface area contributed by atoms with E-state index < -0.39 is 0 Å². The molecule has 0 amide bonds. The Morgan fingerprint density at radius 3 is 2.93 bits per heavy atom. The molecule has 15 heavy (non-hydrogen) atoms. The van der Waals surface area contributed by atoms with E-state index in [1.807, 2.05) is 24.3 Å². The molecule has 0 spiro atoms. The molecular formula is C11H15BrO2S. The second-order valence-electron chi connectivity index (χ2n) is 3.00. The summed E-state index contributed by atoms with van der Waals surface area (Å²) in [7, 11) is 0. The molecule has 2 nitrogen and oxygen atoms in total. The van der Waals surface area contributed by atoms with Gasteiger partial charge in [-0.2, -0.15) is 11.8 Å². The maximum atomic E-state index is 8.58. The lowest BCUT2D eigenvalue weighted by molar-refractivity contribution is 0.296. The zero-order chi connectivity index (χ0) is 10.9. The Hall–Kier alpha value is -0.190. The van der Waals surface area contributed by atoms with Crippen LogP contribution in [0.5, 0.6) is 5.75 Å². The lowest BCUT2D eigenvalue weighted by atomic mass is 10.3. The van der Waals surface area contributed by atoms with Gasteiger partial charge in [-0.3, -0.25) is 0 Å². The molecule has 0 bridgehead atoms. The zero-order valence-electron chi connectivity index (χ0n) is 8.49. The van der Waals surface area contributed by atoms with Gasteiger partial charge < -0.3 is 9.84 Å². The van der Waals surface area contributed by atoms with Crippen LogP contribution in [0.2, 0.25) is 0 Å². The molecule has 0 unspecified atom stereocenters. The quantitative estimate of drug-likeness (QED) is 0.783. The monoisotopic (exact) mass is 290 g/mol. The first kappa shape index (κ1) is 12.9. The lowest BCUT2D eigenvalue weighted by Crippen LogP contribution is -2.01. The number of hydrogen-bond donors (Lipinski definition) is 1. The van der Waals surface area contributed by atoms with Gasteiger partial charge in [-0.25, -0.2) is 0 Å². The fourth-order valence-electron chi connectivity index (χ4n) is 1.04. The van der Waals surface area contributed by atoms with Gasteiger partial charge in [0, 0.05) is 16.8 Å². The van der Waals surface area contributed by atoms with Crippen molar-refractivity contribution in [3.63, 3.8) is 0 Å². The van der Waals surface area contributed by atoms with Crippen molar-refractivity contribution < 1.29 is 9.84 Å². The first-order valence-electron chi connectivity index (χ1n) is 4.90. The largest absolute Gasteiger partial charge is 0.493 e. The summed E-state index contributed by atoms with van der Waals surface area (Å²) in [5.74, 6) is 2.86. The van der Waals surface area contributed by atoms with E-state index in [9.17, 15) is 0 Å². The van der Waals surface area contributed by atoms with Crippen molar-refractivity contribution in [1.29, 1.82) is 0 Å². The van der Waals surface area contributed by atoms with Gasteiger partial charge in [0.25, 0.3) is 0 Å². The molecule has 0 aliphatic carbocycles. The highest BCUT2D eigenvalue weighted by atomic mass is 79.9. The number of thioether (sulfide) groups is 1. The normalized spacial score (nSPS) is 10.3. The second kappa shape index (κ2) is 8.02. The van der Waals surface area contributed by atoms with E-state index in [4.69, 9.17) is 9.84 Å². The third-order valence-electron chi connectivity index (χ3n) is 1.74. The molecule has 1 aromatic carbocycles. The highest BCUT2D eigenvalue weighted by Crippen LogP contribution is 2.17. The SMILES string of the molecule is OCCCSCCOc1cccc(Br)c1. The highest BCUT2D eigenvalue weighted by Gasteiger charge is 1.94. The number of halogens is 1. The van der Waals surface area contributed by atoms with Crippen molar-refractivity contribution in [1.82, 2.24) is 0 Å². The molecule has 0 aliphatic rings. The molecule has 0 aromatic heterocycles. The minimum absolute atomic E-state index is 0.277. The van der Waals surface area contributed by atoms with Gasteiger partial charge in [0.1, 0.15) is 5.75 Å². The number of ether oxygens (including phenoxy) is 1. The maximum Gasteiger partial charge on any atom is 0.120 e. The van der Waals surface area contributed by atoms with Crippen molar-refractivity contribution in [2.75, 3.05) is 24.7 Å². The predicted molar refractivity (Wildman–Crippen MR) is 68.7 cm³/mol. The van der Waals surface area contributed by atoms with Gasteiger partial charge >= 0.3 is 0 Å². The molecule has 84 valence electrons. The van der Waals surface area contributed by atoms with Crippen molar-refractivity contribution in [3.05, 3.63) is 28.7 Å². The molecule has 0 radical (unpaired) electrons. The van der Waals surface area contributed by atoms with E-state index in [1.165, 1.54) is 0 Å². The van der Waals surface area contributed by atoms with Gasteiger partial charge in [-0.15, -0.1) is 0 Å². The van der Waals surface area contributed by atoms with Crippen LogP contribution in [0.15, 0.2) is 28.7 Å². The molecule has 0 atom stereocenters. The summed E-state index contributed by atoms with van der Waals surface area (Å²) in [6.07, 6.45) is 0.863. The lowest BCUT2D eigenvalue weighted by Gasteiger charge is -2.05. The van der Waals surface area contributed by atoms with Gasteiger partial charge in [0.15, 0.2) is 0 Å². The Morgan fingerprint density at radius 2 is 2.20 bits per heavy atom. The van der Waals surface area contributed by atoms with Gasteiger partial charge in [-0.1, -0.05) is 22.0 Å². The Bertz CT molecular complexity index is 281. The second-order valence-corrected chi connectivity index (χ2v) is 5.14. The molecule has 0 fully saturated rings. The van der Waals surface area contributed by atoms with Crippen molar-refractivity contribution >= 4 is 27.7 Å². The molecule has 0 saturated heterocycles. The van der Waals surface area contributed by atoms with Crippen molar-refractivity contribution in [2.45, 2.75) is 6.42 Å². The first-order valence-corrected chi connectivity index (χ1v) is 6.84. The summed E-state index contributed by atoms with van der Waals surface area (Å²) < 4.78 is 6.59. The van der Waals surface area contributed by atoms with Crippen molar-refractivity contribution in [3.8, 4) is 5.75 Å². The number of hydrogen-bond acceptors (Lipinski definition) is 3. The highest BCUT2D eigenvalue weighted by molar-refractivity contribution is 9.10. The standard InChI is InChI=1S/C11H15BrO2S/c12-10-3-1-4-11(9-10)14-6-8-15-7-2-5-13/h1,3-4,9,13H,2,5-8H2. The number of aliphatic hydroxyl groups excluding tert-OH is 1. The first-order chi connectivity index (χ1) is 7.33. The molecule has 0 saturated carbocycles. The molecule has 4 heteroatoms. The third kappa shape index (κ3) is 6.07. The van der Waals surface area contributed by atoms with Crippen LogP contribution in [0.1, 0.15) is 6.42 Å². The van der Waals surface area contributed by atoms with Crippen LogP contribution in [0, 0.1) is 0 Å². The maximum absolute atomic E-state index is 8.58. The third-order valence-corrected chi connectivity index (χ3v) is 3.27. The smallest absolute Gasteiger partial charge is 0.120 e. The summed E-state index contributed by atoms with van der Waals surface area (Å²) in [6.45, 7) is 0.992. The fourth-order valence-corrected chi connectivity index (χ4v) is 2.16.